The maximum absolute atomic E-state index is 12.8. The second-order valence-corrected chi connectivity index (χ2v) is 7.93. The van der Waals surface area contributed by atoms with Gasteiger partial charge in [0.25, 0.3) is 5.91 Å². The second-order valence-electron chi connectivity index (χ2n) is 6.90. The van der Waals surface area contributed by atoms with Gasteiger partial charge in [-0.2, -0.15) is 0 Å². The average molecular weight is 398 g/mol. The summed E-state index contributed by atoms with van der Waals surface area (Å²) < 4.78 is 6.14. The van der Waals surface area contributed by atoms with E-state index in [0.29, 0.717) is 10.7 Å². The molecule has 0 unspecified atom stereocenters. The molecule has 0 aliphatic rings. The van der Waals surface area contributed by atoms with Gasteiger partial charge in [-0.1, -0.05) is 42.9 Å². The summed E-state index contributed by atoms with van der Waals surface area (Å²) in [5.41, 5.74) is 2.38. The fraction of sp³-hybridized carbons (Fsp3) is 0.286. The molecule has 0 spiro atoms. The van der Waals surface area contributed by atoms with Crippen LogP contribution in [0.1, 0.15) is 29.8 Å². The van der Waals surface area contributed by atoms with E-state index in [4.69, 9.17) is 4.74 Å². The molecule has 2 N–H and O–H groups in total. The van der Waals surface area contributed by atoms with E-state index in [0.717, 1.165) is 21.5 Å². The molecule has 6 nitrogen and oxygen atoms in total. The van der Waals surface area contributed by atoms with Gasteiger partial charge in [-0.3, -0.25) is 9.59 Å². The number of ether oxygens (including phenoxy) is 1. The predicted molar refractivity (Wildman–Crippen MR) is 112 cm³/mol. The maximum Gasteiger partial charge on any atom is 0.251 e. The zero-order valence-corrected chi connectivity index (χ0v) is 17.1. The Bertz CT molecular complexity index is 996. The molecule has 2 amide bonds. The van der Waals surface area contributed by atoms with Gasteiger partial charge in [0.1, 0.15) is 11.8 Å². The lowest BCUT2D eigenvalue weighted by Crippen LogP contribution is -2.47. The van der Waals surface area contributed by atoms with Crippen molar-refractivity contribution in [2.75, 3.05) is 12.4 Å². The van der Waals surface area contributed by atoms with Crippen LogP contribution >= 0.6 is 11.3 Å². The van der Waals surface area contributed by atoms with Crippen molar-refractivity contribution >= 4 is 38.5 Å². The van der Waals surface area contributed by atoms with E-state index in [1.807, 2.05) is 51.1 Å². The van der Waals surface area contributed by atoms with Crippen LogP contribution in [0.4, 0.5) is 5.13 Å². The summed E-state index contributed by atoms with van der Waals surface area (Å²) in [5, 5.41) is 6.15. The van der Waals surface area contributed by atoms with E-state index in [1.54, 1.807) is 19.2 Å². The molecule has 28 heavy (non-hydrogen) atoms. The molecular formula is C21H23N3O3S. The van der Waals surface area contributed by atoms with E-state index >= 15 is 0 Å². The van der Waals surface area contributed by atoms with Crippen LogP contribution in [-0.2, 0) is 4.79 Å². The Morgan fingerprint density at radius 3 is 2.46 bits per heavy atom. The van der Waals surface area contributed by atoms with Gasteiger partial charge in [-0.15, -0.1) is 0 Å². The summed E-state index contributed by atoms with van der Waals surface area (Å²) in [6.07, 6.45) is 0. The van der Waals surface area contributed by atoms with Crippen molar-refractivity contribution in [3.63, 3.8) is 0 Å². The Labute approximate surface area is 167 Å². The summed E-state index contributed by atoms with van der Waals surface area (Å²) >= 11 is 1.37. The Kier molecular flexibility index (Phi) is 5.94. The molecule has 0 fully saturated rings. The van der Waals surface area contributed by atoms with Crippen LogP contribution in [0.2, 0.25) is 0 Å². The number of carbonyl (C=O) groups excluding carboxylic acids is 2. The van der Waals surface area contributed by atoms with Gasteiger partial charge < -0.3 is 15.4 Å². The number of thiazole rings is 1. The first kappa shape index (κ1) is 19.8. The summed E-state index contributed by atoms with van der Waals surface area (Å²) in [7, 11) is 1.61. The first-order valence-electron chi connectivity index (χ1n) is 9.00. The molecule has 0 saturated heterocycles. The number of hydrogen-bond donors (Lipinski definition) is 2. The van der Waals surface area contributed by atoms with E-state index in [2.05, 4.69) is 15.6 Å². The van der Waals surface area contributed by atoms with E-state index in [9.17, 15) is 9.59 Å². The number of nitrogens with zero attached hydrogens (tertiary/aromatic N) is 1. The Morgan fingerprint density at radius 1 is 1.11 bits per heavy atom. The molecule has 7 heteroatoms. The molecule has 3 rings (SSSR count). The van der Waals surface area contributed by atoms with Gasteiger partial charge in [0.05, 0.1) is 17.3 Å². The van der Waals surface area contributed by atoms with Gasteiger partial charge in [0.15, 0.2) is 5.13 Å². The van der Waals surface area contributed by atoms with Gasteiger partial charge in [0.2, 0.25) is 5.91 Å². The van der Waals surface area contributed by atoms with Gasteiger partial charge >= 0.3 is 0 Å². The number of rotatable bonds is 6. The van der Waals surface area contributed by atoms with Gasteiger partial charge in [-0.25, -0.2) is 4.98 Å². The van der Waals surface area contributed by atoms with E-state index in [-0.39, 0.29) is 17.7 Å². The summed E-state index contributed by atoms with van der Waals surface area (Å²) in [6.45, 7) is 5.74. The molecular weight excluding hydrogens is 374 g/mol. The van der Waals surface area contributed by atoms with Crippen LogP contribution in [0.5, 0.6) is 5.75 Å². The van der Waals surface area contributed by atoms with Crippen LogP contribution in [0, 0.1) is 12.8 Å². The third-order valence-corrected chi connectivity index (χ3v) is 5.31. The topological polar surface area (TPSA) is 80.3 Å². The van der Waals surface area contributed by atoms with Crippen LogP contribution in [0.15, 0.2) is 42.5 Å². The maximum atomic E-state index is 12.8. The summed E-state index contributed by atoms with van der Waals surface area (Å²) in [6, 6.07) is 12.1. The molecule has 3 aromatic rings. The molecule has 1 aromatic heterocycles. The van der Waals surface area contributed by atoms with Gasteiger partial charge in [0, 0.05) is 5.56 Å². The second kappa shape index (κ2) is 8.39. The Morgan fingerprint density at radius 2 is 1.82 bits per heavy atom. The van der Waals surface area contributed by atoms with E-state index < -0.39 is 6.04 Å². The number of aryl methyl sites for hydroxylation is 1. The molecule has 0 aliphatic heterocycles. The molecule has 0 bridgehead atoms. The normalized spacial score (nSPS) is 12.0. The molecule has 2 aromatic carbocycles. The average Bonchev–Trinajstić information content (AvgIpc) is 3.07. The molecule has 146 valence electrons. The van der Waals surface area contributed by atoms with Gasteiger partial charge in [-0.05, 0) is 43.2 Å². The molecule has 0 aliphatic carbocycles. The van der Waals surface area contributed by atoms with Crippen molar-refractivity contribution in [3.05, 3.63) is 53.6 Å². The largest absolute Gasteiger partial charge is 0.497 e. The number of fused-ring (bicyclic) bond motifs is 1. The number of nitrogens with one attached hydrogen (secondary N) is 2. The van der Waals surface area contributed by atoms with Crippen LogP contribution in [-0.4, -0.2) is 29.9 Å². The number of methoxy groups -OCH3 is 1. The molecule has 1 heterocycles. The number of amides is 2. The molecule has 0 saturated carbocycles. The summed E-state index contributed by atoms with van der Waals surface area (Å²) in [5.74, 6) is 0.0904. The number of hydrogen-bond acceptors (Lipinski definition) is 5. The minimum Gasteiger partial charge on any atom is -0.497 e. The van der Waals surface area contributed by atoms with E-state index in [1.165, 1.54) is 11.3 Å². The van der Waals surface area contributed by atoms with Crippen LogP contribution in [0.3, 0.4) is 0 Å². The lowest BCUT2D eigenvalue weighted by Gasteiger charge is -2.21. The van der Waals surface area contributed by atoms with Crippen molar-refractivity contribution in [1.29, 1.82) is 0 Å². The fourth-order valence-electron chi connectivity index (χ4n) is 2.73. The molecule has 1 atom stereocenters. The smallest absolute Gasteiger partial charge is 0.251 e. The summed E-state index contributed by atoms with van der Waals surface area (Å²) in [4.78, 5) is 29.7. The monoisotopic (exact) mass is 397 g/mol. The lowest BCUT2D eigenvalue weighted by atomic mass is 10.0. The number of anilines is 1. The number of benzene rings is 2. The lowest BCUT2D eigenvalue weighted by molar-refractivity contribution is -0.118. The first-order valence-corrected chi connectivity index (χ1v) is 9.82. The number of carbonyl (C=O) groups is 2. The fourth-order valence-corrected chi connectivity index (χ4v) is 3.63. The minimum absolute atomic E-state index is 0.0797. The highest BCUT2D eigenvalue weighted by Crippen LogP contribution is 2.29. The van der Waals surface area contributed by atoms with Crippen molar-refractivity contribution < 1.29 is 14.3 Å². The highest BCUT2D eigenvalue weighted by atomic mass is 32.1. The standard InChI is InChI=1S/C21H23N3O3S/c1-12(2)18(23-19(25)14-7-5-13(3)6-8-14)20(26)24-21-22-16-10-9-15(27-4)11-17(16)28-21/h5-12,18H,1-4H3,(H,23,25)(H,22,24,26)/t18-/m1/s1. The first-order chi connectivity index (χ1) is 13.4. The molecule has 0 radical (unpaired) electrons. The Hall–Kier alpha value is -2.93. The Balaban J connectivity index is 1.74. The van der Waals surface area contributed by atoms with Crippen molar-refractivity contribution in [2.45, 2.75) is 26.8 Å². The van der Waals surface area contributed by atoms with Crippen LogP contribution in [0.25, 0.3) is 10.2 Å². The zero-order valence-electron chi connectivity index (χ0n) is 16.3. The zero-order chi connectivity index (χ0) is 20.3. The highest BCUT2D eigenvalue weighted by Gasteiger charge is 2.25. The van der Waals surface area contributed by atoms with Crippen molar-refractivity contribution in [2.24, 2.45) is 5.92 Å². The SMILES string of the molecule is COc1ccc2nc(NC(=O)[C@H](NC(=O)c3ccc(C)cc3)C(C)C)sc2c1. The highest BCUT2D eigenvalue weighted by molar-refractivity contribution is 7.22. The predicted octanol–water partition coefficient (Wildman–Crippen LogP) is 4.01. The van der Waals surface area contributed by atoms with Crippen molar-refractivity contribution in [3.8, 4) is 5.75 Å². The quantitative estimate of drug-likeness (QED) is 0.659. The third-order valence-electron chi connectivity index (χ3n) is 4.38. The third kappa shape index (κ3) is 4.48. The van der Waals surface area contributed by atoms with Crippen LogP contribution < -0.4 is 15.4 Å². The van der Waals surface area contributed by atoms with Crippen molar-refractivity contribution in [1.82, 2.24) is 10.3 Å². The minimum atomic E-state index is -0.671. The number of aromatic nitrogens is 1.